The van der Waals surface area contributed by atoms with Gasteiger partial charge in [0, 0.05) is 16.5 Å². The van der Waals surface area contributed by atoms with Crippen molar-refractivity contribution >= 4 is 23.2 Å². The molecule has 2 N–H and O–H groups in total. The Labute approximate surface area is 104 Å². The molecule has 0 amide bonds. The van der Waals surface area contributed by atoms with Crippen LogP contribution in [0.15, 0.2) is 18.2 Å². The molecular formula is C11H12Cl2O3. The van der Waals surface area contributed by atoms with Gasteiger partial charge < -0.3 is 14.9 Å². The molecule has 0 bridgehead atoms. The van der Waals surface area contributed by atoms with Crippen LogP contribution in [0.3, 0.4) is 0 Å². The van der Waals surface area contributed by atoms with E-state index in [0.717, 1.165) is 5.56 Å². The molecule has 0 saturated carbocycles. The predicted molar refractivity (Wildman–Crippen MR) is 61.8 cm³/mol. The van der Waals surface area contributed by atoms with E-state index in [1.165, 1.54) is 0 Å². The van der Waals surface area contributed by atoms with E-state index in [1.54, 1.807) is 18.2 Å². The van der Waals surface area contributed by atoms with E-state index in [-0.39, 0.29) is 12.7 Å². The minimum atomic E-state index is -0.651. The Morgan fingerprint density at radius 2 is 2.12 bits per heavy atom. The van der Waals surface area contributed by atoms with E-state index in [4.69, 9.17) is 33.0 Å². The molecule has 3 nitrogen and oxygen atoms in total. The first kappa shape index (κ1) is 12.1. The second kappa shape index (κ2) is 4.90. The van der Waals surface area contributed by atoms with Crippen LogP contribution in [-0.2, 0) is 4.74 Å². The molecule has 0 aromatic heterocycles. The average molecular weight is 263 g/mol. The van der Waals surface area contributed by atoms with Crippen molar-refractivity contribution in [1.29, 1.82) is 0 Å². The van der Waals surface area contributed by atoms with Gasteiger partial charge in [-0.3, -0.25) is 0 Å². The molecule has 1 aromatic carbocycles. The standard InChI is InChI=1S/C11H12Cl2O3/c12-6-1-2-7(8(13)3-6)10-4-9(15)11(5-14)16-10/h1-3,9-11,14-15H,4-5H2/t9-,10-,11-/m1/s1. The van der Waals surface area contributed by atoms with E-state index in [0.29, 0.717) is 16.5 Å². The molecule has 1 aliphatic heterocycles. The summed E-state index contributed by atoms with van der Waals surface area (Å²) in [4.78, 5) is 0. The summed E-state index contributed by atoms with van der Waals surface area (Å²) in [5, 5.41) is 19.7. The molecule has 0 aliphatic carbocycles. The van der Waals surface area contributed by atoms with Gasteiger partial charge in [0.1, 0.15) is 6.10 Å². The molecule has 16 heavy (non-hydrogen) atoms. The minimum absolute atomic E-state index is 0.192. The highest BCUT2D eigenvalue weighted by Gasteiger charge is 2.35. The molecule has 5 heteroatoms. The predicted octanol–water partition coefficient (Wildman–Crippen LogP) is 2.18. The van der Waals surface area contributed by atoms with Crippen LogP contribution in [-0.4, -0.2) is 29.0 Å². The van der Waals surface area contributed by atoms with Crippen molar-refractivity contribution in [3.63, 3.8) is 0 Å². The number of rotatable bonds is 2. The van der Waals surface area contributed by atoms with Gasteiger partial charge in [0.05, 0.1) is 18.8 Å². The Morgan fingerprint density at radius 3 is 2.69 bits per heavy atom. The summed E-state index contributed by atoms with van der Waals surface area (Å²) in [6.45, 7) is -0.192. The zero-order valence-corrected chi connectivity index (χ0v) is 9.95. The fraction of sp³-hybridized carbons (Fsp3) is 0.455. The summed E-state index contributed by atoms with van der Waals surface area (Å²) in [6.07, 6.45) is -1.03. The minimum Gasteiger partial charge on any atom is -0.394 e. The molecule has 0 radical (unpaired) electrons. The van der Waals surface area contributed by atoms with Crippen molar-refractivity contribution < 1.29 is 14.9 Å². The molecule has 0 unspecified atom stereocenters. The van der Waals surface area contributed by atoms with Crippen LogP contribution in [0.4, 0.5) is 0 Å². The smallest absolute Gasteiger partial charge is 0.107 e. The Kier molecular flexibility index (Phi) is 3.72. The van der Waals surface area contributed by atoms with Crippen LogP contribution in [0.2, 0.25) is 10.0 Å². The van der Waals surface area contributed by atoms with Gasteiger partial charge in [-0.05, 0) is 17.7 Å². The van der Waals surface area contributed by atoms with Gasteiger partial charge in [-0.25, -0.2) is 0 Å². The third-order valence-corrected chi connectivity index (χ3v) is 3.28. The molecule has 1 aliphatic rings. The van der Waals surface area contributed by atoms with Gasteiger partial charge in [0.2, 0.25) is 0 Å². The highest BCUT2D eigenvalue weighted by molar-refractivity contribution is 6.35. The molecular weight excluding hydrogens is 251 g/mol. The average Bonchev–Trinajstić information content (AvgIpc) is 2.59. The number of benzene rings is 1. The molecule has 1 heterocycles. The quantitative estimate of drug-likeness (QED) is 0.859. The summed E-state index contributed by atoms with van der Waals surface area (Å²) in [7, 11) is 0. The van der Waals surface area contributed by atoms with Crippen LogP contribution < -0.4 is 0 Å². The number of halogens is 2. The number of hydrogen-bond acceptors (Lipinski definition) is 3. The second-order valence-electron chi connectivity index (χ2n) is 3.81. The molecule has 1 saturated heterocycles. The number of hydrogen-bond donors (Lipinski definition) is 2. The Morgan fingerprint density at radius 1 is 1.38 bits per heavy atom. The third-order valence-electron chi connectivity index (χ3n) is 2.71. The van der Waals surface area contributed by atoms with Gasteiger partial charge in [0.15, 0.2) is 0 Å². The van der Waals surface area contributed by atoms with E-state index in [9.17, 15) is 5.11 Å². The maximum Gasteiger partial charge on any atom is 0.107 e. The SMILES string of the molecule is OC[C@H]1O[C@@H](c2ccc(Cl)cc2Cl)C[C@H]1O. The van der Waals surface area contributed by atoms with Gasteiger partial charge in [-0.2, -0.15) is 0 Å². The van der Waals surface area contributed by atoms with Gasteiger partial charge in [0.25, 0.3) is 0 Å². The Balaban J connectivity index is 2.20. The largest absolute Gasteiger partial charge is 0.394 e. The summed E-state index contributed by atoms with van der Waals surface area (Å²) in [5.74, 6) is 0. The lowest BCUT2D eigenvalue weighted by Gasteiger charge is -2.13. The lowest BCUT2D eigenvalue weighted by atomic mass is 10.0. The molecule has 1 aromatic rings. The van der Waals surface area contributed by atoms with E-state index >= 15 is 0 Å². The highest BCUT2D eigenvalue weighted by atomic mass is 35.5. The van der Waals surface area contributed by atoms with Crippen LogP contribution >= 0.6 is 23.2 Å². The lowest BCUT2D eigenvalue weighted by molar-refractivity contribution is -0.0225. The van der Waals surface area contributed by atoms with Crippen molar-refractivity contribution in [2.45, 2.75) is 24.7 Å². The highest BCUT2D eigenvalue weighted by Crippen LogP contribution is 2.37. The second-order valence-corrected chi connectivity index (χ2v) is 4.66. The van der Waals surface area contributed by atoms with Crippen LogP contribution in [0.1, 0.15) is 18.1 Å². The van der Waals surface area contributed by atoms with Crippen LogP contribution in [0.5, 0.6) is 0 Å². The fourth-order valence-corrected chi connectivity index (χ4v) is 2.39. The van der Waals surface area contributed by atoms with Gasteiger partial charge in [-0.15, -0.1) is 0 Å². The summed E-state index contributed by atoms with van der Waals surface area (Å²) >= 11 is 11.8. The Bertz CT molecular complexity index is 383. The van der Waals surface area contributed by atoms with Crippen molar-refractivity contribution in [3.8, 4) is 0 Å². The first-order chi connectivity index (χ1) is 7.61. The molecule has 3 atom stereocenters. The van der Waals surface area contributed by atoms with Crippen molar-refractivity contribution in [2.75, 3.05) is 6.61 Å². The van der Waals surface area contributed by atoms with Gasteiger partial charge >= 0.3 is 0 Å². The maximum absolute atomic E-state index is 9.61. The number of aliphatic hydroxyl groups excluding tert-OH is 2. The normalized spacial score (nSPS) is 29.6. The van der Waals surface area contributed by atoms with Crippen molar-refractivity contribution in [3.05, 3.63) is 33.8 Å². The maximum atomic E-state index is 9.61. The summed E-state index contributed by atoms with van der Waals surface area (Å²) < 4.78 is 5.50. The number of aliphatic hydroxyl groups is 2. The number of ether oxygens (including phenoxy) is 1. The zero-order chi connectivity index (χ0) is 11.7. The molecule has 0 spiro atoms. The van der Waals surface area contributed by atoms with Crippen molar-refractivity contribution in [1.82, 2.24) is 0 Å². The summed E-state index contributed by atoms with van der Waals surface area (Å²) in [6, 6.07) is 5.15. The third kappa shape index (κ3) is 2.34. The summed E-state index contributed by atoms with van der Waals surface area (Å²) in [5.41, 5.74) is 0.793. The first-order valence-corrected chi connectivity index (χ1v) is 5.76. The topological polar surface area (TPSA) is 49.7 Å². The molecule has 2 rings (SSSR count). The van der Waals surface area contributed by atoms with E-state index < -0.39 is 12.2 Å². The fourth-order valence-electron chi connectivity index (χ4n) is 1.86. The monoisotopic (exact) mass is 262 g/mol. The van der Waals surface area contributed by atoms with Crippen LogP contribution in [0, 0.1) is 0 Å². The van der Waals surface area contributed by atoms with Gasteiger partial charge in [-0.1, -0.05) is 29.3 Å². The Hall–Kier alpha value is -0.320. The molecule has 88 valence electrons. The van der Waals surface area contributed by atoms with Crippen molar-refractivity contribution in [2.24, 2.45) is 0 Å². The lowest BCUT2D eigenvalue weighted by Crippen LogP contribution is -2.24. The van der Waals surface area contributed by atoms with Crippen LogP contribution in [0.25, 0.3) is 0 Å². The molecule has 1 fully saturated rings. The van der Waals surface area contributed by atoms with E-state index in [2.05, 4.69) is 0 Å². The first-order valence-electron chi connectivity index (χ1n) is 5.01. The zero-order valence-electron chi connectivity index (χ0n) is 8.44. The van der Waals surface area contributed by atoms with E-state index in [1.807, 2.05) is 0 Å².